The van der Waals surface area contributed by atoms with Crippen LogP contribution in [0.5, 0.6) is 0 Å². The number of hydrogen-bond acceptors (Lipinski definition) is 4. The summed E-state index contributed by atoms with van der Waals surface area (Å²) in [7, 11) is -3.88. The Bertz CT molecular complexity index is 695. The maximum Gasteiger partial charge on any atom is 0.243 e. The summed E-state index contributed by atoms with van der Waals surface area (Å²) in [6.45, 7) is 1.73. The van der Waals surface area contributed by atoms with Gasteiger partial charge in [-0.3, -0.25) is 0 Å². The molecule has 2 aromatic rings. The topological polar surface area (TPSA) is 85.3 Å². The summed E-state index contributed by atoms with van der Waals surface area (Å²) in [5, 5.41) is 0. The molecule has 0 radical (unpaired) electrons. The maximum atomic E-state index is 13.1. The molecule has 0 unspecified atom stereocenters. The number of nitrogens with one attached hydrogen (secondary N) is 1. The van der Waals surface area contributed by atoms with Crippen LogP contribution in [-0.2, 0) is 16.6 Å². The quantitative estimate of drug-likeness (QED) is 0.838. The van der Waals surface area contributed by atoms with Gasteiger partial charge in [0.25, 0.3) is 0 Å². The van der Waals surface area contributed by atoms with Crippen LogP contribution in [0, 0.1) is 12.7 Å². The summed E-state index contributed by atoms with van der Waals surface area (Å²) in [5.41, 5.74) is 5.53. The average molecular weight is 284 g/mol. The summed E-state index contributed by atoms with van der Waals surface area (Å²) in [5.74, 6) is 0.485. The Kier molecular flexibility index (Phi) is 3.59. The second-order valence-electron chi connectivity index (χ2n) is 4.02. The van der Waals surface area contributed by atoms with Crippen LogP contribution in [0.15, 0.2) is 39.6 Å². The van der Waals surface area contributed by atoms with Gasteiger partial charge in [0.2, 0.25) is 10.0 Å². The van der Waals surface area contributed by atoms with E-state index in [9.17, 15) is 12.8 Å². The van der Waals surface area contributed by atoms with E-state index in [-0.39, 0.29) is 17.1 Å². The molecule has 102 valence electrons. The summed E-state index contributed by atoms with van der Waals surface area (Å²) in [4.78, 5) is -0.282. The van der Waals surface area contributed by atoms with Crippen molar-refractivity contribution in [1.29, 1.82) is 0 Å². The summed E-state index contributed by atoms with van der Waals surface area (Å²) >= 11 is 0. The predicted octanol–water partition coefficient (Wildman–Crippen LogP) is 1.79. The molecule has 0 bridgehead atoms. The number of sulfonamides is 1. The maximum absolute atomic E-state index is 13.1. The highest BCUT2D eigenvalue weighted by atomic mass is 32.2. The van der Waals surface area contributed by atoms with Crippen LogP contribution >= 0.6 is 0 Å². The number of hydrogen-bond donors (Lipinski definition) is 2. The molecule has 1 aromatic carbocycles. The van der Waals surface area contributed by atoms with E-state index in [0.29, 0.717) is 11.5 Å². The Morgan fingerprint density at radius 2 is 2.05 bits per heavy atom. The number of aryl methyl sites for hydroxylation is 1. The van der Waals surface area contributed by atoms with Gasteiger partial charge in [0, 0.05) is 0 Å². The molecule has 0 saturated carbocycles. The predicted molar refractivity (Wildman–Crippen MR) is 68.3 cm³/mol. The first-order valence-electron chi connectivity index (χ1n) is 5.48. The van der Waals surface area contributed by atoms with Crippen molar-refractivity contribution in [2.45, 2.75) is 18.4 Å². The lowest BCUT2D eigenvalue weighted by molar-refractivity contribution is 0.475. The van der Waals surface area contributed by atoms with Gasteiger partial charge in [0.05, 0.1) is 12.2 Å². The van der Waals surface area contributed by atoms with Gasteiger partial charge >= 0.3 is 0 Å². The zero-order valence-corrected chi connectivity index (χ0v) is 11.0. The van der Waals surface area contributed by atoms with Crippen molar-refractivity contribution in [1.82, 2.24) is 4.72 Å². The number of benzene rings is 1. The Labute approximate surface area is 110 Å². The normalized spacial score (nSPS) is 11.7. The van der Waals surface area contributed by atoms with Gasteiger partial charge in [-0.15, -0.1) is 0 Å². The summed E-state index contributed by atoms with van der Waals surface area (Å²) in [6.07, 6.45) is 0. The van der Waals surface area contributed by atoms with Gasteiger partial charge in [-0.2, -0.15) is 0 Å². The molecule has 0 amide bonds. The highest BCUT2D eigenvalue weighted by Crippen LogP contribution is 2.19. The number of rotatable bonds is 4. The van der Waals surface area contributed by atoms with Crippen molar-refractivity contribution in [2.75, 3.05) is 5.73 Å². The molecule has 0 fully saturated rings. The summed E-state index contributed by atoms with van der Waals surface area (Å²) in [6, 6.07) is 6.57. The van der Waals surface area contributed by atoms with E-state index in [2.05, 4.69) is 4.72 Å². The van der Waals surface area contributed by atoms with E-state index in [1.165, 1.54) is 6.07 Å². The van der Waals surface area contributed by atoms with Crippen LogP contribution in [0.4, 0.5) is 10.1 Å². The Morgan fingerprint density at radius 1 is 1.32 bits per heavy atom. The molecule has 2 rings (SSSR count). The Balaban J connectivity index is 2.20. The lowest BCUT2D eigenvalue weighted by Crippen LogP contribution is -2.24. The van der Waals surface area contributed by atoms with E-state index in [1.807, 2.05) is 0 Å². The van der Waals surface area contributed by atoms with E-state index >= 15 is 0 Å². The van der Waals surface area contributed by atoms with Crippen LogP contribution < -0.4 is 10.5 Å². The third-order valence-corrected chi connectivity index (χ3v) is 3.95. The standard InChI is InChI=1S/C12H13FN2O3S/c1-8-2-4-10(18-8)7-15-19(16,17)12-6-9(13)3-5-11(12)14/h2-6,15H,7,14H2,1H3. The van der Waals surface area contributed by atoms with E-state index < -0.39 is 15.8 Å². The minimum absolute atomic E-state index is 0.00970. The van der Waals surface area contributed by atoms with Crippen molar-refractivity contribution >= 4 is 15.7 Å². The van der Waals surface area contributed by atoms with Crippen molar-refractivity contribution in [3.05, 3.63) is 47.7 Å². The van der Waals surface area contributed by atoms with Gasteiger partial charge in [-0.05, 0) is 37.3 Å². The molecule has 7 heteroatoms. The van der Waals surface area contributed by atoms with E-state index in [0.717, 1.165) is 12.1 Å². The minimum Gasteiger partial charge on any atom is -0.465 e. The number of nitrogens with two attached hydrogens (primary N) is 1. The molecule has 5 nitrogen and oxygen atoms in total. The van der Waals surface area contributed by atoms with E-state index in [1.54, 1.807) is 19.1 Å². The lowest BCUT2D eigenvalue weighted by atomic mass is 10.3. The number of nitrogen functional groups attached to an aromatic ring is 1. The highest BCUT2D eigenvalue weighted by molar-refractivity contribution is 7.89. The first kappa shape index (κ1) is 13.6. The lowest BCUT2D eigenvalue weighted by Gasteiger charge is -2.08. The molecule has 0 saturated heterocycles. The molecule has 0 aliphatic rings. The third-order valence-electron chi connectivity index (χ3n) is 2.50. The van der Waals surface area contributed by atoms with Crippen molar-refractivity contribution < 1.29 is 17.2 Å². The third kappa shape index (κ3) is 3.12. The van der Waals surface area contributed by atoms with Gasteiger partial charge in [0.15, 0.2) is 0 Å². The molecule has 0 aliphatic carbocycles. The molecule has 1 aromatic heterocycles. The SMILES string of the molecule is Cc1ccc(CNS(=O)(=O)c2cc(F)ccc2N)o1. The molecule has 19 heavy (non-hydrogen) atoms. The molecule has 0 spiro atoms. The Morgan fingerprint density at radius 3 is 2.68 bits per heavy atom. The minimum atomic E-state index is -3.88. The molecular weight excluding hydrogens is 271 g/mol. The van der Waals surface area contributed by atoms with Gasteiger partial charge in [-0.1, -0.05) is 0 Å². The van der Waals surface area contributed by atoms with Crippen molar-refractivity contribution in [3.8, 4) is 0 Å². The number of halogens is 1. The first-order valence-corrected chi connectivity index (χ1v) is 6.97. The van der Waals surface area contributed by atoms with Crippen LogP contribution in [0.2, 0.25) is 0 Å². The van der Waals surface area contributed by atoms with Crippen LogP contribution in [0.25, 0.3) is 0 Å². The molecular formula is C12H13FN2O3S. The number of furan rings is 1. The molecule has 0 aliphatic heterocycles. The van der Waals surface area contributed by atoms with Crippen molar-refractivity contribution in [3.63, 3.8) is 0 Å². The van der Waals surface area contributed by atoms with Gasteiger partial charge in [0.1, 0.15) is 22.2 Å². The molecule has 1 heterocycles. The van der Waals surface area contributed by atoms with Crippen LogP contribution in [-0.4, -0.2) is 8.42 Å². The Hall–Kier alpha value is -1.86. The fourth-order valence-corrected chi connectivity index (χ4v) is 2.70. The van der Waals surface area contributed by atoms with Gasteiger partial charge < -0.3 is 10.2 Å². The first-order chi connectivity index (χ1) is 8.88. The van der Waals surface area contributed by atoms with E-state index in [4.69, 9.17) is 10.2 Å². The fourth-order valence-electron chi connectivity index (χ4n) is 1.56. The second kappa shape index (κ2) is 5.02. The van der Waals surface area contributed by atoms with Gasteiger partial charge in [-0.25, -0.2) is 17.5 Å². The molecule has 3 N–H and O–H groups in total. The fraction of sp³-hybridized carbons (Fsp3) is 0.167. The smallest absolute Gasteiger partial charge is 0.243 e. The zero-order valence-electron chi connectivity index (χ0n) is 10.2. The van der Waals surface area contributed by atoms with Crippen molar-refractivity contribution in [2.24, 2.45) is 0 Å². The molecule has 0 atom stereocenters. The average Bonchev–Trinajstić information content (AvgIpc) is 2.76. The largest absolute Gasteiger partial charge is 0.465 e. The second-order valence-corrected chi connectivity index (χ2v) is 5.75. The monoisotopic (exact) mass is 284 g/mol. The van der Waals surface area contributed by atoms with Crippen LogP contribution in [0.3, 0.4) is 0 Å². The zero-order chi connectivity index (χ0) is 14.0. The highest BCUT2D eigenvalue weighted by Gasteiger charge is 2.18. The number of anilines is 1. The summed E-state index contributed by atoms with van der Waals surface area (Å²) < 4.78 is 44.6. The van der Waals surface area contributed by atoms with Crippen LogP contribution in [0.1, 0.15) is 11.5 Å².